The molecular formula is C13H17N5O3. The molecule has 21 heavy (non-hydrogen) atoms. The van der Waals surface area contributed by atoms with Crippen molar-refractivity contribution >= 4 is 17.3 Å². The molecular weight excluding hydrogens is 274 g/mol. The Balaban J connectivity index is 3.17. The van der Waals surface area contributed by atoms with E-state index in [-0.39, 0.29) is 23.7 Å². The molecule has 112 valence electrons. The predicted octanol–water partition coefficient (Wildman–Crippen LogP) is 1.50. The lowest BCUT2D eigenvalue weighted by Gasteiger charge is -2.23. The van der Waals surface area contributed by atoms with Crippen LogP contribution < -0.4 is 11.3 Å². The van der Waals surface area contributed by atoms with Gasteiger partial charge in [0.15, 0.2) is 0 Å². The number of nitrogens with one attached hydrogen (secondary N) is 1. The third-order valence-corrected chi connectivity index (χ3v) is 2.98. The van der Waals surface area contributed by atoms with E-state index >= 15 is 0 Å². The fourth-order valence-corrected chi connectivity index (χ4v) is 1.85. The highest BCUT2D eigenvalue weighted by Gasteiger charge is 2.22. The number of hydrogen-bond donors (Lipinski definition) is 2. The van der Waals surface area contributed by atoms with Crippen molar-refractivity contribution in [3.63, 3.8) is 0 Å². The van der Waals surface area contributed by atoms with Crippen molar-refractivity contribution in [1.82, 2.24) is 4.90 Å². The van der Waals surface area contributed by atoms with Gasteiger partial charge in [0, 0.05) is 25.2 Å². The second kappa shape index (κ2) is 7.21. The lowest BCUT2D eigenvalue weighted by atomic mass is 10.1. The van der Waals surface area contributed by atoms with Crippen LogP contribution in [-0.2, 0) is 0 Å². The summed E-state index contributed by atoms with van der Waals surface area (Å²) in [4.78, 5) is 24.2. The molecule has 0 aliphatic carbocycles. The quantitative estimate of drug-likeness (QED) is 0.464. The number of hydrazine groups is 1. The first-order valence-corrected chi connectivity index (χ1v) is 6.38. The number of non-ortho nitro benzene ring substituents is 1. The normalized spacial score (nSPS) is 11.3. The highest BCUT2D eigenvalue weighted by molar-refractivity contribution is 6.00. The molecule has 1 aromatic rings. The van der Waals surface area contributed by atoms with E-state index in [1.165, 1.54) is 23.1 Å². The second-order valence-corrected chi connectivity index (χ2v) is 4.51. The number of nitro groups is 1. The molecule has 0 spiro atoms. The average Bonchev–Trinajstić information content (AvgIpc) is 2.50. The number of nitrogens with zero attached hydrogens (tertiary/aromatic N) is 3. The summed E-state index contributed by atoms with van der Waals surface area (Å²) in [5, 5.41) is 19.7. The van der Waals surface area contributed by atoms with Gasteiger partial charge in [0.1, 0.15) is 0 Å². The van der Waals surface area contributed by atoms with Crippen molar-refractivity contribution in [2.24, 2.45) is 11.8 Å². The monoisotopic (exact) mass is 291 g/mol. The smallest absolute Gasteiger partial charge is 0.270 e. The van der Waals surface area contributed by atoms with E-state index in [4.69, 9.17) is 11.1 Å². The molecule has 8 nitrogen and oxygen atoms in total. The molecule has 0 radical (unpaired) electrons. The van der Waals surface area contributed by atoms with E-state index in [9.17, 15) is 14.9 Å². The molecule has 1 amide bonds. The van der Waals surface area contributed by atoms with Gasteiger partial charge in [-0.3, -0.25) is 20.8 Å². The lowest BCUT2D eigenvalue weighted by Crippen LogP contribution is -2.35. The Morgan fingerprint density at radius 2 is 2.29 bits per heavy atom. The number of carbonyl (C=O) groups excluding carboxylic acids is 1. The van der Waals surface area contributed by atoms with Gasteiger partial charge in [-0.25, -0.2) is 0 Å². The molecule has 1 atom stereocenters. The zero-order valence-electron chi connectivity index (χ0n) is 11.9. The molecule has 1 aromatic carbocycles. The van der Waals surface area contributed by atoms with Crippen molar-refractivity contribution < 1.29 is 9.72 Å². The van der Waals surface area contributed by atoms with E-state index in [1.54, 1.807) is 13.8 Å². The summed E-state index contributed by atoms with van der Waals surface area (Å²) in [7, 11) is 0. The summed E-state index contributed by atoms with van der Waals surface area (Å²) in [5.74, 6) is 4.60. The van der Waals surface area contributed by atoms with Gasteiger partial charge in [-0.1, -0.05) is 0 Å². The SMILES string of the molecule is CCN(CC(C)C#N)C(=O)c1cc([N+](=O)[O-])ccc1NN. The Morgan fingerprint density at radius 3 is 2.76 bits per heavy atom. The van der Waals surface area contributed by atoms with Crippen molar-refractivity contribution in [2.75, 3.05) is 18.5 Å². The first-order chi connectivity index (χ1) is 9.94. The minimum atomic E-state index is -0.578. The van der Waals surface area contributed by atoms with Crippen molar-refractivity contribution in [2.45, 2.75) is 13.8 Å². The zero-order valence-corrected chi connectivity index (χ0v) is 11.9. The third-order valence-electron chi connectivity index (χ3n) is 2.98. The summed E-state index contributed by atoms with van der Waals surface area (Å²) in [5.41, 5.74) is 2.57. The maximum atomic E-state index is 12.5. The number of carbonyl (C=O) groups is 1. The number of benzene rings is 1. The molecule has 0 aliphatic heterocycles. The highest BCUT2D eigenvalue weighted by Crippen LogP contribution is 2.23. The summed E-state index contributed by atoms with van der Waals surface area (Å²) in [6, 6.07) is 5.88. The number of nitrogens with two attached hydrogens (primary N) is 1. The van der Waals surface area contributed by atoms with Crippen LogP contribution in [0.15, 0.2) is 18.2 Å². The molecule has 0 bridgehead atoms. The van der Waals surface area contributed by atoms with Crippen LogP contribution in [0.3, 0.4) is 0 Å². The second-order valence-electron chi connectivity index (χ2n) is 4.51. The Kier molecular flexibility index (Phi) is 5.63. The predicted molar refractivity (Wildman–Crippen MR) is 77.3 cm³/mol. The minimum absolute atomic E-state index is 0.110. The van der Waals surface area contributed by atoms with Gasteiger partial charge in [0.2, 0.25) is 0 Å². The van der Waals surface area contributed by atoms with Gasteiger partial charge in [-0.15, -0.1) is 0 Å². The van der Waals surface area contributed by atoms with Crippen LogP contribution >= 0.6 is 0 Å². The van der Waals surface area contributed by atoms with Crippen LogP contribution in [0.5, 0.6) is 0 Å². The van der Waals surface area contributed by atoms with Gasteiger partial charge < -0.3 is 10.3 Å². The molecule has 0 saturated carbocycles. The first-order valence-electron chi connectivity index (χ1n) is 6.38. The third kappa shape index (κ3) is 3.90. The van der Waals surface area contributed by atoms with E-state index in [1.807, 2.05) is 0 Å². The standard InChI is InChI=1S/C13H17N5O3/c1-3-17(8-9(2)7-14)13(19)11-6-10(18(20)21)4-5-12(11)16-15/h4-6,9,16H,3,8,15H2,1-2H3. The number of anilines is 1. The molecule has 1 unspecified atom stereocenters. The van der Waals surface area contributed by atoms with E-state index in [2.05, 4.69) is 11.5 Å². The molecule has 1 rings (SSSR count). The maximum absolute atomic E-state index is 12.5. The topological polar surface area (TPSA) is 125 Å². The van der Waals surface area contributed by atoms with E-state index in [0.29, 0.717) is 12.2 Å². The Morgan fingerprint density at radius 1 is 1.62 bits per heavy atom. The molecule has 3 N–H and O–H groups in total. The number of nitriles is 1. The Labute approximate surface area is 122 Å². The Hall–Kier alpha value is -2.66. The van der Waals surface area contributed by atoms with Gasteiger partial charge in [0.05, 0.1) is 28.2 Å². The lowest BCUT2D eigenvalue weighted by molar-refractivity contribution is -0.384. The van der Waals surface area contributed by atoms with Crippen LogP contribution in [0.4, 0.5) is 11.4 Å². The molecule has 0 heterocycles. The summed E-state index contributed by atoms with van der Waals surface area (Å²) in [6.45, 7) is 4.11. The number of rotatable bonds is 6. The number of amides is 1. The summed E-state index contributed by atoms with van der Waals surface area (Å²) in [6.07, 6.45) is 0. The van der Waals surface area contributed by atoms with Crippen LogP contribution in [0, 0.1) is 27.4 Å². The zero-order chi connectivity index (χ0) is 16.0. The van der Waals surface area contributed by atoms with Gasteiger partial charge in [-0.2, -0.15) is 5.26 Å². The van der Waals surface area contributed by atoms with Crippen LogP contribution in [0.25, 0.3) is 0 Å². The molecule has 0 saturated heterocycles. The molecule has 0 aromatic heterocycles. The molecule has 0 fully saturated rings. The average molecular weight is 291 g/mol. The van der Waals surface area contributed by atoms with Crippen molar-refractivity contribution in [3.8, 4) is 6.07 Å². The van der Waals surface area contributed by atoms with Crippen LogP contribution in [0.1, 0.15) is 24.2 Å². The van der Waals surface area contributed by atoms with Gasteiger partial charge in [0.25, 0.3) is 11.6 Å². The van der Waals surface area contributed by atoms with Crippen LogP contribution in [0.2, 0.25) is 0 Å². The molecule has 0 aliphatic rings. The number of nitro benzene ring substituents is 1. The largest absolute Gasteiger partial charge is 0.338 e. The summed E-state index contributed by atoms with van der Waals surface area (Å²) < 4.78 is 0. The highest BCUT2D eigenvalue weighted by atomic mass is 16.6. The van der Waals surface area contributed by atoms with E-state index < -0.39 is 10.8 Å². The number of nitrogen functional groups attached to an aromatic ring is 1. The number of hydrogen-bond acceptors (Lipinski definition) is 6. The van der Waals surface area contributed by atoms with Crippen LogP contribution in [-0.4, -0.2) is 28.8 Å². The Bertz CT molecular complexity index is 582. The minimum Gasteiger partial charge on any atom is -0.338 e. The fourth-order valence-electron chi connectivity index (χ4n) is 1.85. The summed E-state index contributed by atoms with van der Waals surface area (Å²) >= 11 is 0. The fraction of sp³-hybridized carbons (Fsp3) is 0.385. The molecule has 8 heteroatoms. The first kappa shape index (κ1) is 16.4. The van der Waals surface area contributed by atoms with Gasteiger partial charge >= 0.3 is 0 Å². The van der Waals surface area contributed by atoms with Crippen molar-refractivity contribution in [3.05, 3.63) is 33.9 Å². The van der Waals surface area contributed by atoms with Gasteiger partial charge in [-0.05, 0) is 19.9 Å². The van der Waals surface area contributed by atoms with E-state index in [0.717, 1.165) is 0 Å². The maximum Gasteiger partial charge on any atom is 0.270 e. The van der Waals surface area contributed by atoms with Crippen molar-refractivity contribution in [1.29, 1.82) is 5.26 Å².